The molecule has 0 atom stereocenters. The molecule has 31 heavy (non-hydrogen) atoms. The molecule has 11 heteroatoms. The highest BCUT2D eigenvalue weighted by molar-refractivity contribution is 7.87. The number of nitrogens with zero attached hydrogens (tertiary/aromatic N) is 2. The number of hydrogen-bond acceptors (Lipinski definition) is 7. The van der Waals surface area contributed by atoms with Gasteiger partial charge in [-0.3, -0.25) is 15.5 Å². The first-order valence-corrected chi connectivity index (χ1v) is 11.0. The minimum Gasteiger partial charge on any atom is -0.492 e. The molecule has 2 aromatic carbocycles. The maximum atomic E-state index is 12.8. The molecule has 0 saturated carbocycles. The van der Waals surface area contributed by atoms with Crippen molar-refractivity contribution in [1.82, 2.24) is 4.90 Å². The number of methoxy groups -OCH3 is 1. The van der Waals surface area contributed by atoms with Gasteiger partial charge in [-0.25, -0.2) is 0 Å². The quantitative estimate of drug-likeness (QED) is 0.225. The molecule has 1 fully saturated rings. The summed E-state index contributed by atoms with van der Waals surface area (Å²) >= 11 is 0. The molecule has 0 unspecified atom stereocenters. The maximum absolute atomic E-state index is 12.8. The van der Waals surface area contributed by atoms with E-state index in [9.17, 15) is 18.5 Å². The molecule has 3 N–H and O–H groups in total. The van der Waals surface area contributed by atoms with Gasteiger partial charge in [0.2, 0.25) is 0 Å². The van der Waals surface area contributed by atoms with Gasteiger partial charge in [0.15, 0.2) is 17.5 Å². The summed E-state index contributed by atoms with van der Waals surface area (Å²) in [6.07, 6.45) is 1.46. The maximum Gasteiger partial charge on any atom is 0.339 e. The molecule has 1 aliphatic heterocycles. The average Bonchev–Trinajstić information content (AvgIpc) is 2.73. The van der Waals surface area contributed by atoms with Crippen molar-refractivity contribution in [2.45, 2.75) is 30.6 Å². The number of ether oxygens (including phenoxy) is 1. The fourth-order valence-corrected chi connectivity index (χ4v) is 4.61. The third-order valence-electron chi connectivity index (χ3n) is 5.24. The summed E-state index contributed by atoms with van der Waals surface area (Å²) in [6, 6.07) is 8.01. The lowest BCUT2D eigenvalue weighted by atomic mass is 9.88. The predicted molar refractivity (Wildman–Crippen MR) is 114 cm³/mol. The van der Waals surface area contributed by atoms with Crippen molar-refractivity contribution in [2.24, 2.45) is 5.73 Å². The lowest BCUT2D eigenvalue weighted by molar-refractivity contribution is -0.384. The van der Waals surface area contributed by atoms with Crippen LogP contribution in [0.2, 0.25) is 0 Å². The van der Waals surface area contributed by atoms with Crippen molar-refractivity contribution in [2.75, 3.05) is 20.2 Å². The minimum atomic E-state index is -4.23. The molecular formula is C20H24N4O6S. The second-order valence-electron chi connectivity index (χ2n) is 7.32. The van der Waals surface area contributed by atoms with Crippen LogP contribution in [-0.4, -0.2) is 44.4 Å². The first-order valence-electron chi connectivity index (χ1n) is 9.59. The van der Waals surface area contributed by atoms with E-state index in [1.54, 1.807) is 11.0 Å². The second-order valence-corrected chi connectivity index (χ2v) is 8.87. The van der Waals surface area contributed by atoms with Crippen LogP contribution in [0, 0.1) is 22.4 Å². The van der Waals surface area contributed by atoms with Crippen molar-refractivity contribution in [3.8, 4) is 11.5 Å². The van der Waals surface area contributed by atoms with E-state index in [-0.39, 0.29) is 28.2 Å². The molecule has 0 spiro atoms. The summed E-state index contributed by atoms with van der Waals surface area (Å²) in [4.78, 5) is 11.8. The van der Waals surface area contributed by atoms with E-state index in [2.05, 4.69) is 0 Å². The first-order chi connectivity index (χ1) is 14.6. The Hall–Kier alpha value is -3.34. The molecule has 3 rings (SSSR count). The molecule has 1 saturated heterocycles. The number of nitrogens with one attached hydrogen (secondary N) is 1. The summed E-state index contributed by atoms with van der Waals surface area (Å²) in [7, 11) is -2.78. The number of guanidine groups is 1. The fraction of sp³-hybridized carbons (Fsp3) is 0.350. The Kier molecular flexibility index (Phi) is 6.34. The van der Waals surface area contributed by atoms with E-state index in [1.165, 1.54) is 7.11 Å². The molecule has 0 radical (unpaired) electrons. The lowest BCUT2D eigenvalue weighted by Crippen LogP contribution is -2.41. The Labute approximate surface area is 180 Å². The molecule has 166 valence electrons. The van der Waals surface area contributed by atoms with Crippen LogP contribution in [0.1, 0.15) is 29.9 Å². The smallest absolute Gasteiger partial charge is 0.339 e. The van der Waals surface area contributed by atoms with Gasteiger partial charge in [0, 0.05) is 30.8 Å². The normalized spacial score (nSPS) is 14.8. The molecule has 0 amide bonds. The molecule has 10 nitrogen and oxygen atoms in total. The zero-order chi connectivity index (χ0) is 22.8. The van der Waals surface area contributed by atoms with Gasteiger partial charge in [-0.05, 0) is 49.4 Å². The van der Waals surface area contributed by atoms with Crippen molar-refractivity contribution in [3.05, 3.63) is 57.6 Å². The van der Waals surface area contributed by atoms with E-state index in [0.717, 1.165) is 48.2 Å². The number of likely N-dealkylation sites (tertiary alicyclic amines) is 1. The van der Waals surface area contributed by atoms with E-state index >= 15 is 0 Å². The standard InChI is InChI=1S/C20H24N4O6S/c1-13-11-17(14-7-9-23(10-8-14)20(21)22)19(29-2)18(12-13)30-31(27,28)16-5-3-15(4-6-16)24(25)26/h3-6,11-12,14H,7-10H2,1-2H3,(H3,21,22). The highest BCUT2D eigenvalue weighted by Crippen LogP contribution is 2.41. The number of piperidine rings is 1. The predicted octanol–water partition coefficient (Wildman–Crippen LogP) is 2.75. The number of rotatable bonds is 6. The van der Waals surface area contributed by atoms with E-state index < -0.39 is 15.0 Å². The highest BCUT2D eigenvalue weighted by Gasteiger charge is 2.28. The van der Waals surface area contributed by atoms with Gasteiger partial charge in [-0.15, -0.1) is 0 Å². The van der Waals surface area contributed by atoms with E-state index in [4.69, 9.17) is 20.1 Å². The summed E-state index contributed by atoms with van der Waals surface area (Å²) in [5.41, 5.74) is 6.99. The molecule has 1 heterocycles. The monoisotopic (exact) mass is 448 g/mol. The van der Waals surface area contributed by atoms with Crippen molar-refractivity contribution in [3.63, 3.8) is 0 Å². The van der Waals surface area contributed by atoms with Gasteiger partial charge in [0.1, 0.15) is 4.90 Å². The number of benzene rings is 2. The molecule has 1 aliphatic rings. The van der Waals surface area contributed by atoms with Crippen LogP contribution < -0.4 is 14.7 Å². The van der Waals surface area contributed by atoms with Gasteiger partial charge in [-0.1, -0.05) is 6.07 Å². The van der Waals surface area contributed by atoms with Crippen molar-refractivity contribution < 1.29 is 22.3 Å². The van der Waals surface area contributed by atoms with Crippen molar-refractivity contribution >= 4 is 21.8 Å². The number of hydrogen-bond donors (Lipinski definition) is 2. The number of nitro benzene ring substituents is 1. The minimum absolute atomic E-state index is 0.0351. The van der Waals surface area contributed by atoms with E-state index in [1.807, 2.05) is 13.0 Å². The van der Waals surface area contributed by atoms with Gasteiger partial charge in [-0.2, -0.15) is 8.42 Å². The fourth-order valence-electron chi connectivity index (χ4n) is 3.68. The van der Waals surface area contributed by atoms with Crippen LogP contribution >= 0.6 is 0 Å². The van der Waals surface area contributed by atoms with Crippen LogP contribution in [0.4, 0.5) is 5.69 Å². The molecule has 2 aromatic rings. The third kappa shape index (κ3) is 4.88. The Balaban J connectivity index is 1.91. The molecule has 0 aromatic heterocycles. The van der Waals surface area contributed by atoms with E-state index in [0.29, 0.717) is 18.8 Å². The Bertz CT molecular complexity index is 1090. The number of non-ortho nitro benzene ring substituents is 1. The molecular weight excluding hydrogens is 424 g/mol. The van der Waals surface area contributed by atoms with Gasteiger partial charge in [0.25, 0.3) is 5.69 Å². The van der Waals surface area contributed by atoms with Crippen molar-refractivity contribution in [1.29, 1.82) is 5.41 Å². The van der Waals surface area contributed by atoms with Crippen LogP contribution in [0.15, 0.2) is 41.3 Å². The number of nitrogens with two attached hydrogens (primary N) is 1. The SMILES string of the molecule is COc1c(OS(=O)(=O)c2ccc([N+](=O)[O-])cc2)cc(C)cc1C1CCN(C(=N)N)CC1. The summed E-state index contributed by atoms with van der Waals surface area (Å²) in [5, 5.41) is 18.4. The Morgan fingerprint density at radius 2 is 1.84 bits per heavy atom. The van der Waals surface area contributed by atoms with Crippen LogP contribution in [0.5, 0.6) is 11.5 Å². The van der Waals surface area contributed by atoms with Gasteiger partial charge < -0.3 is 19.6 Å². The zero-order valence-electron chi connectivity index (χ0n) is 17.2. The van der Waals surface area contributed by atoms with Crippen LogP contribution in [0.3, 0.4) is 0 Å². The topological polar surface area (TPSA) is 149 Å². The van der Waals surface area contributed by atoms with Gasteiger partial charge >= 0.3 is 10.1 Å². The number of nitro groups is 1. The lowest BCUT2D eigenvalue weighted by Gasteiger charge is -2.33. The summed E-state index contributed by atoms with van der Waals surface area (Å²) in [6.45, 7) is 3.07. The number of aryl methyl sites for hydroxylation is 1. The van der Waals surface area contributed by atoms with Crippen LogP contribution in [0.25, 0.3) is 0 Å². The zero-order valence-corrected chi connectivity index (χ0v) is 18.0. The molecule has 0 aliphatic carbocycles. The highest BCUT2D eigenvalue weighted by atomic mass is 32.2. The van der Waals surface area contributed by atoms with Gasteiger partial charge in [0.05, 0.1) is 12.0 Å². The Morgan fingerprint density at radius 1 is 1.23 bits per heavy atom. The largest absolute Gasteiger partial charge is 0.492 e. The summed E-state index contributed by atoms with van der Waals surface area (Å²) < 4.78 is 36.5. The third-order valence-corrected chi connectivity index (χ3v) is 6.49. The summed E-state index contributed by atoms with van der Waals surface area (Å²) in [5.74, 6) is 0.518. The molecule has 0 bridgehead atoms. The average molecular weight is 449 g/mol. The van der Waals surface area contributed by atoms with Crippen LogP contribution in [-0.2, 0) is 10.1 Å². The first kappa shape index (κ1) is 22.3. The second kappa shape index (κ2) is 8.80. The Morgan fingerprint density at radius 3 is 2.35 bits per heavy atom.